The van der Waals surface area contributed by atoms with Gasteiger partial charge < -0.3 is 9.64 Å². The molecule has 17 heavy (non-hydrogen) atoms. The third-order valence-corrected chi connectivity index (χ3v) is 4.15. The van der Waals surface area contributed by atoms with E-state index >= 15 is 0 Å². The summed E-state index contributed by atoms with van der Waals surface area (Å²) in [5.41, 5.74) is 0.924. The standard InChI is InChI=1S/C12H13ClINO2/c1-17-11-3-2-9(5-10(11)14)15-7-8(6-13)4-12(15)16/h2-3,5,8H,4,6-7H2,1H3. The molecule has 1 unspecified atom stereocenters. The monoisotopic (exact) mass is 365 g/mol. The number of amides is 1. The molecular formula is C12H13ClINO2. The fourth-order valence-electron chi connectivity index (χ4n) is 1.96. The Kier molecular flexibility index (Phi) is 4.14. The van der Waals surface area contributed by atoms with Gasteiger partial charge in [-0.3, -0.25) is 4.79 Å². The summed E-state index contributed by atoms with van der Waals surface area (Å²) in [7, 11) is 1.64. The molecule has 1 aliphatic heterocycles. The molecule has 0 N–H and O–H groups in total. The number of halogens is 2. The molecular weight excluding hydrogens is 352 g/mol. The van der Waals surface area contributed by atoms with Crippen molar-refractivity contribution in [2.75, 3.05) is 24.4 Å². The van der Waals surface area contributed by atoms with Gasteiger partial charge in [-0.15, -0.1) is 11.6 Å². The Morgan fingerprint density at radius 2 is 2.35 bits per heavy atom. The zero-order valence-electron chi connectivity index (χ0n) is 9.45. The first-order chi connectivity index (χ1) is 8.15. The van der Waals surface area contributed by atoms with E-state index in [4.69, 9.17) is 16.3 Å². The minimum Gasteiger partial charge on any atom is -0.496 e. The van der Waals surface area contributed by atoms with E-state index in [0.29, 0.717) is 18.8 Å². The van der Waals surface area contributed by atoms with E-state index in [-0.39, 0.29) is 11.8 Å². The van der Waals surface area contributed by atoms with Gasteiger partial charge in [0.1, 0.15) is 5.75 Å². The summed E-state index contributed by atoms with van der Waals surface area (Å²) in [5, 5.41) is 0. The molecule has 0 saturated carbocycles. The van der Waals surface area contributed by atoms with E-state index in [2.05, 4.69) is 22.6 Å². The Morgan fingerprint density at radius 1 is 1.59 bits per heavy atom. The van der Waals surface area contributed by atoms with Gasteiger partial charge >= 0.3 is 0 Å². The predicted molar refractivity (Wildman–Crippen MR) is 76.9 cm³/mol. The number of hydrogen-bond acceptors (Lipinski definition) is 2. The third kappa shape index (κ3) is 2.68. The summed E-state index contributed by atoms with van der Waals surface area (Å²) in [6.07, 6.45) is 0.548. The second-order valence-corrected chi connectivity index (χ2v) is 5.52. The molecule has 1 aliphatic rings. The van der Waals surface area contributed by atoms with Gasteiger partial charge in [0.15, 0.2) is 0 Å². The summed E-state index contributed by atoms with van der Waals surface area (Å²) in [6.45, 7) is 0.713. The van der Waals surface area contributed by atoms with E-state index in [0.717, 1.165) is 15.0 Å². The highest BCUT2D eigenvalue weighted by molar-refractivity contribution is 14.1. The summed E-state index contributed by atoms with van der Waals surface area (Å²) in [6, 6.07) is 5.77. The minimum atomic E-state index is 0.150. The van der Waals surface area contributed by atoms with Gasteiger partial charge in [-0.1, -0.05) is 0 Å². The van der Waals surface area contributed by atoms with E-state index in [1.165, 1.54) is 0 Å². The van der Waals surface area contributed by atoms with Crippen LogP contribution in [0.25, 0.3) is 0 Å². The second kappa shape index (κ2) is 5.44. The molecule has 0 spiro atoms. The summed E-state index contributed by atoms with van der Waals surface area (Å²) < 4.78 is 6.20. The van der Waals surface area contributed by atoms with Gasteiger partial charge in [0.2, 0.25) is 5.91 Å². The molecule has 1 heterocycles. The molecule has 0 radical (unpaired) electrons. The molecule has 1 fully saturated rings. The summed E-state index contributed by atoms with van der Waals surface area (Å²) in [5.74, 6) is 1.78. The van der Waals surface area contributed by atoms with Crippen LogP contribution >= 0.6 is 34.2 Å². The molecule has 2 rings (SSSR count). The van der Waals surface area contributed by atoms with E-state index in [9.17, 15) is 4.79 Å². The van der Waals surface area contributed by atoms with Gasteiger partial charge in [0.05, 0.1) is 10.7 Å². The van der Waals surface area contributed by atoms with Crippen LogP contribution in [0.4, 0.5) is 5.69 Å². The van der Waals surface area contributed by atoms with Crippen LogP contribution in [0.2, 0.25) is 0 Å². The number of ether oxygens (including phenoxy) is 1. The average molecular weight is 366 g/mol. The molecule has 1 amide bonds. The zero-order chi connectivity index (χ0) is 12.4. The molecule has 1 atom stereocenters. The highest BCUT2D eigenvalue weighted by Crippen LogP contribution is 2.30. The van der Waals surface area contributed by atoms with Crippen LogP contribution in [-0.2, 0) is 4.79 Å². The van der Waals surface area contributed by atoms with Gasteiger partial charge in [0, 0.05) is 24.5 Å². The number of benzene rings is 1. The van der Waals surface area contributed by atoms with Crippen LogP contribution in [0, 0.1) is 9.49 Å². The Labute approximate surface area is 119 Å². The van der Waals surface area contributed by atoms with Gasteiger partial charge in [-0.25, -0.2) is 0 Å². The highest BCUT2D eigenvalue weighted by Gasteiger charge is 2.30. The van der Waals surface area contributed by atoms with Crippen LogP contribution < -0.4 is 9.64 Å². The number of methoxy groups -OCH3 is 1. The Balaban J connectivity index is 2.23. The van der Waals surface area contributed by atoms with Gasteiger partial charge in [0.25, 0.3) is 0 Å². The quantitative estimate of drug-likeness (QED) is 0.609. The van der Waals surface area contributed by atoms with Gasteiger partial charge in [-0.05, 0) is 46.7 Å². The van der Waals surface area contributed by atoms with Crippen LogP contribution in [0.5, 0.6) is 5.75 Å². The van der Waals surface area contributed by atoms with Crippen LogP contribution in [0.15, 0.2) is 18.2 Å². The van der Waals surface area contributed by atoms with Crippen molar-refractivity contribution in [2.45, 2.75) is 6.42 Å². The maximum Gasteiger partial charge on any atom is 0.227 e. The normalized spacial score (nSPS) is 19.8. The van der Waals surface area contributed by atoms with E-state index in [1.807, 2.05) is 18.2 Å². The second-order valence-electron chi connectivity index (χ2n) is 4.05. The predicted octanol–water partition coefficient (Wildman–Crippen LogP) is 2.89. The highest BCUT2D eigenvalue weighted by atomic mass is 127. The number of anilines is 1. The van der Waals surface area contributed by atoms with E-state index in [1.54, 1.807) is 12.0 Å². The first-order valence-electron chi connectivity index (χ1n) is 5.35. The molecule has 0 aliphatic carbocycles. The molecule has 5 heteroatoms. The fourth-order valence-corrected chi connectivity index (χ4v) is 2.88. The number of alkyl halides is 1. The molecule has 0 aromatic heterocycles. The zero-order valence-corrected chi connectivity index (χ0v) is 12.4. The van der Waals surface area contributed by atoms with Crippen molar-refractivity contribution in [3.63, 3.8) is 0 Å². The third-order valence-electron chi connectivity index (χ3n) is 2.87. The first kappa shape index (κ1) is 13.0. The molecule has 3 nitrogen and oxygen atoms in total. The molecule has 1 aromatic rings. The van der Waals surface area contributed by atoms with Crippen LogP contribution in [0.3, 0.4) is 0 Å². The number of nitrogens with zero attached hydrogens (tertiary/aromatic N) is 1. The summed E-state index contributed by atoms with van der Waals surface area (Å²) >= 11 is 8.01. The first-order valence-corrected chi connectivity index (χ1v) is 6.97. The lowest BCUT2D eigenvalue weighted by atomic mass is 10.1. The maximum absolute atomic E-state index is 11.8. The largest absolute Gasteiger partial charge is 0.496 e. The average Bonchev–Trinajstić information content (AvgIpc) is 2.70. The van der Waals surface area contributed by atoms with Crippen molar-refractivity contribution in [3.05, 3.63) is 21.8 Å². The van der Waals surface area contributed by atoms with Crippen LogP contribution in [0.1, 0.15) is 6.42 Å². The fraction of sp³-hybridized carbons (Fsp3) is 0.417. The molecule has 1 aromatic carbocycles. The van der Waals surface area contributed by atoms with E-state index < -0.39 is 0 Å². The molecule has 92 valence electrons. The maximum atomic E-state index is 11.8. The van der Waals surface area contributed by atoms with Crippen molar-refractivity contribution in [1.82, 2.24) is 0 Å². The molecule has 1 saturated heterocycles. The van der Waals surface area contributed by atoms with Crippen molar-refractivity contribution < 1.29 is 9.53 Å². The van der Waals surface area contributed by atoms with Crippen LogP contribution in [-0.4, -0.2) is 25.4 Å². The summed E-state index contributed by atoms with van der Waals surface area (Å²) in [4.78, 5) is 13.6. The van der Waals surface area contributed by atoms with Gasteiger partial charge in [-0.2, -0.15) is 0 Å². The lowest BCUT2D eigenvalue weighted by Crippen LogP contribution is -2.24. The van der Waals surface area contributed by atoms with Crippen molar-refractivity contribution in [3.8, 4) is 5.75 Å². The SMILES string of the molecule is COc1ccc(N2CC(CCl)CC2=O)cc1I. The van der Waals surface area contributed by atoms with Crippen molar-refractivity contribution >= 4 is 45.8 Å². The molecule has 0 bridgehead atoms. The Hall–Kier alpha value is -0.490. The van der Waals surface area contributed by atoms with Crippen molar-refractivity contribution in [1.29, 1.82) is 0 Å². The lowest BCUT2D eigenvalue weighted by molar-refractivity contribution is -0.117. The lowest BCUT2D eigenvalue weighted by Gasteiger charge is -2.17. The van der Waals surface area contributed by atoms with Crippen molar-refractivity contribution in [2.24, 2.45) is 5.92 Å². The Bertz CT molecular complexity index is 439. The number of carbonyl (C=O) groups is 1. The number of carbonyl (C=O) groups excluding carboxylic acids is 1. The Morgan fingerprint density at radius 3 is 2.88 bits per heavy atom. The number of rotatable bonds is 3. The minimum absolute atomic E-state index is 0.150. The topological polar surface area (TPSA) is 29.5 Å². The number of hydrogen-bond donors (Lipinski definition) is 0. The smallest absolute Gasteiger partial charge is 0.227 e.